The molecule has 3 heterocycles. The lowest BCUT2D eigenvalue weighted by molar-refractivity contribution is 0.0893. The summed E-state index contributed by atoms with van der Waals surface area (Å²) in [6.07, 6.45) is 8.38. The van der Waals surface area contributed by atoms with Gasteiger partial charge in [0.05, 0.1) is 19.2 Å². The monoisotopic (exact) mass is 450 g/mol. The molecule has 0 spiro atoms. The van der Waals surface area contributed by atoms with Crippen molar-refractivity contribution < 1.29 is 4.74 Å². The zero-order valence-corrected chi connectivity index (χ0v) is 19.7. The highest BCUT2D eigenvalue weighted by Crippen LogP contribution is 2.26. The van der Waals surface area contributed by atoms with Crippen LogP contribution in [0.25, 0.3) is 10.9 Å². The molecule has 8 heteroatoms. The number of fused-ring (bicyclic) bond motifs is 1. The van der Waals surface area contributed by atoms with Gasteiger partial charge in [-0.05, 0) is 84.7 Å². The van der Waals surface area contributed by atoms with E-state index in [4.69, 9.17) is 4.74 Å². The predicted molar refractivity (Wildman–Crippen MR) is 127 cm³/mol. The molecule has 2 aromatic heterocycles. The van der Waals surface area contributed by atoms with Crippen molar-refractivity contribution in [3.63, 3.8) is 0 Å². The molecule has 0 bridgehead atoms. The number of nitrogens with zero attached hydrogens (tertiary/aromatic N) is 5. The highest BCUT2D eigenvalue weighted by Gasteiger charge is 2.26. The van der Waals surface area contributed by atoms with Crippen LogP contribution >= 0.6 is 0 Å². The highest BCUT2D eigenvalue weighted by molar-refractivity contribution is 5.80. The van der Waals surface area contributed by atoms with Gasteiger partial charge in [0, 0.05) is 30.3 Å². The fourth-order valence-electron chi connectivity index (χ4n) is 5.26. The number of ether oxygens (including phenoxy) is 1. The van der Waals surface area contributed by atoms with Gasteiger partial charge in [-0.2, -0.15) is 0 Å². The fraction of sp³-hybridized carbons (Fsp3) is 0.600. The van der Waals surface area contributed by atoms with E-state index in [0.29, 0.717) is 25.7 Å². The first-order chi connectivity index (χ1) is 16.1. The van der Waals surface area contributed by atoms with Crippen LogP contribution in [0.2, 0.25) is 0 Å². The van der Waals surface area contributed by atoms with Gasteiger partial charge < -0.3 is 9.72 Å². The third-order valence-electron chi connectivity index (χ3n) is 7.35. The second-order valence-corrected chi connectivity index (χ2v) is 9.76. The van der Waals surface area contributed by atoms with E-state index in [-0.39, 0.29) is 11.7 Å². The molecule has 1 aliphatic carbocycles. The topological polar surface area (TPSA) is 88.9 Å². The number of aryl methyl sites for hydroxylation is 2. The number of benzene rings is 1. The Morgan fingerprint density at radius 2 is 1.88 bits per heavy atom. The van der Waals surface area contributed by atoms with Crippen molar-refractivity contribution in [2.75, 3.05) is 6.61 Å². The minimum absolute atomic E-state index is 0.00879. The molecule has 1 saturated heterocycles. The van der Waals surface area contributed by atoms with Gasteiger partial charge in [-0.3, -0.25) is 9.69 Å². The average Bonchev–Trinajstić information content (AvgIpc) is 3.48. The summed E-state index contributed by atoms with van der Waals surface area (Å²) in [4.78, 5) is 18.5. The number of aromatic amines is 1. The number of nitrogens with one attached hydrogen (secondary N) is 1. The number of H-pyrrole nitrogens is 1. The summed E-state index contributed by atoms with van der Waals surface area (Å²) in [5.74, 6) is 0.847. The van der Waals surface area contributed by atoms with Gasteiger partial charge >= 0.3 is 0 Å². The largest absolute Gasteiger partial charge is 0.376 e. The summed E-state index contributed by atoms with van der Waals surface area (Å²) in [5, 5.41) is 13.6. The van der Waals surface area contributed by atoms with Gasteiger partial charge in [0.25, 0.3) is 5.56 Å². The molecule has 3 aromatic rings. The lowest BCUT2D eigenvalue weighted by Gasteiger charge is -2.34. The Balaban J connectivity index is 1.42. The van der Waals surface area contributed by atoms with Crippen molar-refractivity contribution in [3.8, 4) is 0 Å². The first-order valence-corrected chi connectivity index (χ1v) is 12.3. The second kappa shape index (κ2) is 9.73. The van der Waals surface area contributed by atoms with E-state index in [0.717, 1.165) is 54.6 Å². The molecule has 5 rings (SSSR count). The Hall–Kier alpha value is -2.58. The van der Waals surface area contributed by atoms with Crippen LogP contribution < -0.4 is 5.56 Å². The van der Waals surface area contributed by atoms with Crippen LogP contribution in [0.15, 0.2) is 23.0 Å². The van der Waals surface area contributed by atoms with Crippen molar-refractivity contribution in [3.05, 3.63) is 51.1 Å². The SMILES string of the molecule is Cc1cc2cc(CN(Cc3nnnn3CC3CCCO3)C3CCCCC3)c(=O)[nH]c2cc1C. The Morgan fingerprint density at radius 1 is 1.06 bits per heavy atom. The molecule has 1 aliphatic heterocycles. The van der Waals surface area contributed by atoms with Crippen molar-refractivity contribution in [2.24, 2.45) is 0 Å². The van der Waals surface area contributed by atoms with Crippen molar-refractivity contribution in [1.29, 1.82) is 0 Å². The first-order valence-electron chi connectivity index (χ1n) is 12.3. The van der Waals surface area contributed by atoms with E-state index < -0.39 is 0 Å². The van der Waals surface area contributed by atoms with E-state index in [1.54, 1.807) is 0 Å². The summed E-state index contributed by atoms with van der Waals surface area (Å²) >= 11 is 0. The quantitative estimate of drug-likeness (QED) is 0.591. The minimum Gasteiger partial charge on any atom is -0.376 e. The molecular weight excluding hydrogens is 416 g/mol. The number of aromatic nitrogens is 5. The van der Waals surface area contributed by atoms with Crippen LogP contribution in [0.5, 0.6) is 0 Å². The van der Waals surface area contributed by atoms with Crippen LogP contribution in [0.4, 0.5) is 0 Å². The van der Waals surface area contributed by atoms with Crippen molar-refractivity contribution >= 4 is 10.9 Å². The molecule has 176 valence electrons. The van der Waals surface area contributed by atoms with Gasteiger partial charge in [0.15, 0.2) is 5.82 Å². The lowest BCUT2D eigenvalue weighted by atomic mass is 9.93. The molecule has 2 fully saturated rings. The Morgan fingerprint density at radius 3 is 2.67 bits per heavy atom. The standard InChI is InChI=1S/C25H34N6O2/c1-17-11-19-13-20(25(32)26-23(19)12-18(17)2)14-30(21-7-4-3-5-8-21)16-24-27-28-29-31(24)15-22-9-6-10-33-22/h11-13,21-22H,3-10,14-16H2,1-2H3,(H,26,32). The molecule has 8 nitrogen and oxygen atoms in total. The molecule has 1 atom stereocenters. The van der Waals surface area contributed by atoms with Crippen LogP contribution in [0, 0.1) is 13.8 Å². The van der Waals surface area contributed by atoms with E-state index in [1.807, 2.05) is 4.68 Å². The van der Waals surface area contributed by atoms with Gasteiger partial charge in [-0.1, -0.05) is 19.3 Å². The zero-order chi connectivity index (χ0) is 22.8. The molecule has 33 heavy (non-hydrogen) atoms. The first kappa shape index (κ1) is 22.2. The molecule has 1 aromatic carbocycles. The predicted octanol–water partition coefficient (Wildman–Crippen LogP) is 3.65. The van der Waals surface area contributed by atoms with Crippen molar-refractivity contribution in [2.45, 2.75) is 90.6 Å². The summed E-state index contributed by atoms with van der Waals surface area (Å²) in [7, 11) is 0. The molecule has 1 N–H and O–H groups in total. The third kappa shape index (κ3) is 5.01. The molecule has 2 aliphatic rings. The summed E-state index contributed by atoms with van der Waals surface area (Å²) in [5.41, 5.74) is 4.11. The minimum atomic E-state index is -0.00879. The van der Waals surface area contributed by atoms with Gasteiger partial charge in [-0.15, -0.1) is 5.10 Å². The molecule has 0 amide bonds. The van der Waals surface area contributed by atoms with E-state index >= 15 is 0 Å². The number of rotatable bonds is 7. The van der Waals surface area contributed by atoms with Gasteiger partial charge in [-0.25, -0.2) is 4.68 Å². The second-order valence-electron chi connectivity index (χ2n) is 9.76. The average molecular weight is 451 g/mol. The fourth-order valence-corrected chi connectivity index (χ4v) is 5.26. The third-order valence-corrected chi connectivity index (χ3v) is 7.35. The zero-order valence-electron chi connectivity index (χ0n) is 19.7. The Kier molecular flexibility index (Phi) is 6.55. The van der Waals surface area contributed by atoms with Gasteiger partial charge in [0.1, 0.15) is 0 Å². The number of hydrogen-bond acceptors (Lipinski definition) is 6. The lowest BCUT2D eigenvalue weighted by Crippen LogP contribution is -2.38. The van der Waals surface area contributed by atoms with Gasteiger partial charge in [0.2, 0.25) is 0 Å². The van der Waals surface area contributed by atoms with Crippen LogP contribution in [0.3, 0.4) is 0 Å². The molecule has 1 unspecified atom stereocenters. The number of pyridine rings is 1. The van der Waals surface area contributed by atoms with E-state index in [2.05, 4.69) is 57.5 Å². The summed E-state index contributed by atoms with van der Waals surface area (Å²) in [6.45, 7) is 6.93. The molecule has 0 radical (unpaired) electrons. The highest BCUT2D eigenvalue weighted by atomic mass is 16.5. The maximum Gasteiger partial charge on any atom is 0.252 e. The summed E-state index contributed by atoms with van der Waals surface area (Å²) in [6, 6.07) is 6.72. The smallest absolute Gasteiger partial charge is 0.252 e. The van der Waals surface area contributed by atoms with E-state index in [1.165, 1.54) is 30.4 Å². The molecular formula is C25H34N6O2. The van der Waals surface area contributed by atoms with E-state index in [9.17, 15) is 4.79 Å². The Labute approximate surface area is 194 Å². The Bertz CT molecular complexity index is 1160. The van der Waals surface area contributed by atoms with Crippen LogP contribution in [-0.2, 0) is 24.4 Å². The van der Waals surface area contributed by atoms with Crippen LogP contribution in [0.1, 0.15) is 67.5 Å². The maximum absolute atomic E-state index is 13.0. The van der Waals surface area contributed by atoms with Crippen LogP contribution in [-0.4, -0.2) is 48.8 Å². The summed E-state index contributed by atoms with van der Waals surface area (Å²) < 4.78 is 7.69. The molecule has 1 saturated carbocycles. The normalized spacial score (nSPS) is 19.7. The van der Waals surface area contributed by atoms with Crippen molar-refractivity contribution in [1.82, 2.24) is 30.1 Å². The maximum atomic E-state index is 13.0. The number of tetrazole rings is 1. The number of hydrogen-bond donors (Lipinski definition) is 1.